The van der Waals surface area contributed by atoms with Crippen molar-refractivity contribution >= 4 is 17.8 Å². The maximum absolute atomic E-state index is 14.1. The van der Waals surface area contributed by atoms with Gasteiger partial charge in [0.05, 0.1) is 33.4 Å². The first-order valence-electron chi connectivity index (χ1n) is 10.4. The second-order valence-electron chi connectivity index (χ2n) is 8.61. The van der Waals surface area contributed by atoms with E-state index >= 15 is 0 Å². The third-order valence-electron chi connectivity index (χ3n) is 5.35. The minimum absolute atomic E-state index is 0.114. The highest BCUT2D eigenvalue weighted by molar-refractivity contribution is 5.96. The zero-order valence-corrected chi connectivity index (χ0v) is 19.0. The number of rotatable bonds is 6. The number of nitrogens with zero attached hydrogens (tertiary/aromatic N) is 2. The third kappa shape index (κ3) is 4.93. The largest absolute Gasteiger partial charge is 0.468 e. The Labute approximate surface area is 186 Å². The minimum Gasteiger partial charge on any atom is -0.468 e. The fourth-order valence-electron chi connectivity index (χ4n) is 3.73. The molecule has 1 fully saturated rings. The van der Waals surface area contributed by atoms with Gasteiger partial charge < -0.3 is 23.5 Å². The molecule has 8 nitrogen and oxygen atoms in total. The number of hydrogen-bond acceptors (Lipinski definition) is 8. The maximum atomic E-state index is 14.1. The van der Waals surface area contributed by atoms with Gasteiger partial charge in [0.15, 0.2) is 5.92 Å². The smallest absolute Gasteiger partial charge is 0.321 e. The van der Waals surface area contributed by atoms with Crippen LogP contribution in [0.3, 0.4) is 0 Å². The van der Waals surface area contributed by atoms with E-state index in [-0.39, 0.29) is 5.89 Å². The summed E-state index contributed by atoms with van der Waals surface area (Å²) < 4.78 is 35.6. The molecule has 1 saturated heterocycles. The highest BCUT2D eigenvalue weighted by Gasteiger charge is 2.43. The Morgan fingerprint density at radius 1 is 1.12 bits per heavy atom. The van der Waals surface area contributed by atoms with E-state index in [2.05, 4.69) is 0 Å². The molecule has 1 aliphatic rings. The summed E-state index contributed by atoms with van der Waals surface area (Å²) >= 11 is 0. The van der Waals surface area contributed by atoms with Crippen molar-refractivity contribution in [1.29, 1.82) is 0 Å². The van der Waals surface area contributed by atoms with Gasteiger partial charge in [-0.25, -0.2) is 9.37 Å². The van der Waals surface area contributed by atoms with Gasteiger partial charge in [-0.1, -0.05) is 32.9 Å². The first-order valence-corrected chi connectivity index (χ1v) is 10.4. The normalized spacial score (nSPS) is 15.5. The molecule has 1 aromatic heterocycles. The van der Waals surface area contributed by atoms with Gasteiger partial charge in [-0.2, -0.15) is 0 Å². The van der Waals surface area contributed by atoms with Gasteiger partial charge in [-0.3, -0.25) is 9.59 Å². The van der Waals surface area contributed by atoms with Crippen LogP contribution >= 0.6 is 0 Å². The zero-order valence-electron chi connectivity index (χ0n) is 19.0. The molecule has 0 N–H and O–H groups in total. The van der Waals surface area contributed by atoms with Crippen LogP contribution in [0.2, 0.25) is 0 Å². The van der Waals surface area contributed by atoms with Crippen LogP contribution in [0.25, 0.3) is 0 Å². The molecule has 1 unspecified atom stereocenters. The van der Waals surface area contributed by atoms with E-state index in [4.69, 9.17) is 23.6 Å². The van der Waals surface area contributed by atoms with Crippen LogP contribution in [-0.2, 0) is 29.2 Å². The van der Waals surface area contributed by atoms with Crippen LogP contribution in [0.1, 0.15) is 43.8 Å². The van der Waals surface area contributed by atoms with Gasteiger partial charge in [-0.05, 0) is 17.7 Å². The lowest BCUT2D eigenvalue weighted by Gasteiger charge is -2.29. The molecule has 0 bridgehead atoms. The fourth-order valence-corrected chi connectivity index (χ4v) is 3.73. The standard InChI is InChI=1S/C23H29FN2O6/c1-23(2,3)18-20(26-9-11-31-12-10-26)32-19(25-18)16(14-7-6-8-15(24)13-14)17(21(27)29-4)22(28)30-5/h6-8,13,16-17H,9-12H2,1-5H3. The van der Waals surface area contributed by atoms with E-state index in [1.54, 1.807) is 6.07 Å². The average Bonchev–Trinajstić information content (AvgIpc) is 3.22. The Kier molecular flexibility index (Phi) is 7.18. The van der Waals surface area contributed by atoms with Crippen LogP contribution < -0.4 is 4.90 Å². The first-order chi connectivity index (χ1) is 15.2. The SMILES string of the molecule is COC(=O)C(C(=O)OC)C(c1cccc(F)c1)c1nc(C(C)(C)C)c(N2CCOCC2)o1. The predicted molar refractivity (Wildman–Crippen MR) is 114 cm³/mol. The Hall–Kier alpha value is -2.94. The molecular formula is C23H29FN2O6. The Morgan fingerprint density at radius 3 is 2.28 bits per heavy atom. The quantitative estimate of drug-likeness (QED) is 0.492. The van der Waals surface area contributed by atoms with Crippen LogP contribution in [0.5, 0.6) is 0 Å². The number of morpholine rings is 1. The highest BCUT2D eigenvalue weighted by Crippen LogP contribution is 2.40. The molecule has 174 valence electrons. The fraction of sp³-hybridized carbons (Fsp3) is 0.522. The van der Waals surface area contributed by atoms with Crippen LogP contribution in [-0.4, -0.2) is 57.4 Å². The molecule has 0 radical (unpaired) electrons. The van der Waals surface area contributed by atoms with E-state index in [0.29, 0.717) is 43.4 Å². The van der Waals surface area contributed by atoms with E-state index in [0.717, 1.165) is 0 Å². The number of carbonyl (C=O) groups is 2. The van der Waals surface area contributed by atoms with E-state index in [1.165, 1.54) is 32.4 Å². The van der Waals surface area contributed by atoms with E-state index < -0.39 is 35.0 Å². The topological polar surface area (TPSA) is 91.1 Å². The number of benzene rings is 1. The van der Waals surface area contributed by atoms with Gasteiger partial charge in [0.2, 0.25) is 11.8 Å². The van der Waals surface area contributed by atoms with Gasteiger partial charge in [0.1, 0.15) is 11.5 Å². The van der Waals surface area contributed by atoms with Crippen molar-refractivity contribution in [1.82, 2.24) is 4.98 Å². The Morgan fingerprint density at radius 2 is 1.75 bits per heavy atom. The molecule has 0 spiro atoms. The number of halogens is 1. The number of aromatic nitrogens is 1. The molecule has 1 atom stereocenters. The number of esters is 2. The molecule has 2 aromatic rings. The maximum Gasteiger partial charge on any atom is 0.321 e. The lowest BCUT2D eigenvalue weighted by Crippen LogP contribution is -2.37. The van der Waals surface area contributed by atoms with Crippen molar-refractivity contribution in [3.63, 3.8) is 0 Å². The molecule has 0 saturated carbocycles. The monoisotopic (exact) mass is 448 g/mol. The van der Waals surface area contributed by atoms with Gasteiger partial charge in [0, 0.05) is 18.5 Å². The van der Waals surface area contributed by atoms with Gasteiger partial charge in [0.25, 0.3) is 0 Å². The van der Waals surface area contributed by atoms with Crippen molar-refractivity contribution in [2.75, 3.05) is 45.4 Å². The molecular weight excluding hydrogens is 419 g/mol. The van der Waals surface area contributed by atoms with Crippen molar-refractivity contribution in [2.45, 2.75) is 32.1 Å². The third-order valence-corrected chi connectivity index (χ3v) is 5.35. The highest BCUT2D eigenvalue weighted by atomic mass is 19.1. The lowest BCUT2D eigenvalue weighted by atomic mass is 9.85. The molecule has 1 aliphatic heterocycles. The van der Waals surface area contributed by atoms with Crippen molar-refractivity contribution < 1.29 is 32.6 Å². The molecule has 0 amide bonds. The summed E-state index contributed by atoms with van der Waals surface area (Å²) in [7, 11) is 2.35. The van der Waals surface area contributed by atoms with Gasteiger partial charge >= 0.3 is 11.9 Å². The van der Waals surface area contributed by atoms with E-state index in [9.17, 15) is 14.0 Å². The number of ether oxygens (including phenoxy) is 3. The summed E-state index contributed by atoms with van der Waals surface area (Å²) in [6.45, 7) is 8.29. The number of anilines is 1. The zero-order chi connectivity index (χ0) is 23.5. The summed E-state index contributed by atoms with van der Waals surface area (Å²) in [6.07, 6.45) is 0. The molecule has 3 rings (SSSR count). The summed E-state index contributed by atoms with van der Waals surface area (Å²) in [5.41, 5.74) is 0.624. The lowest BCUT2D eigenvalue weighted by molar-refractivity contribution is -0.159. The molecule has 0 aliphatic carbocycles. The Balaban J connectivity index is 2.21. The number of oxazole rings is 1. The molecule has 9 heteroatoms. The van der Waals surface area contributed by atoms with Crippen molar-refractivity contribution in [3.8, 4) is 0 Å². The Bertz CT molecular complexity index is 946. The summed E-state index contributed by atoms with van der Waals surface area (Å²) in [6, 6.07) is 5.64. The summed E-state index contributed by atoms with van der Waals surface area (Å²) in [5, 5.41) is 0. The molecule has 1 aromatic carbocycles. The average molecular weight is 448 g/mol. The molecule has 32 heavy (non-hydrogen) atoms. The van der Waals surface area contributed by atoms with Crippen LogP contribution in [0.4, 0.5) is 10.3 Å². The van der Waals surface area contributed by atoms with Crippen molar-refractivity contribution in [2.24, 2.45) is 5.92 Å². The number of methoxy groups -OCH3 is 2. The first kappa shape index (κ1) is 23.7. The minimum atomic E-state index is -1.42. The van der Waals surface area contributed by atoms with Crippen LogP contribution in [0, 0.1) is 11.7 Å². The van der Waals surface area contributed by atoms with Gasteiger partial charge in [-0.15, -0.1) is 0 Å². The second kappa shape index (κ2) is 9.68. The number of hydrogen-bond donors (Lipinski definition) is 0. The number of carbonyl (C=O) groups excluding carboxylic acids is 2. The second-order valence-corrected chi connectivity index (χ2v) is 8.61. The summed E-state index contributed by atoms with van der Waals surface area (Å²) in [4.78, 5) is 32.1. The van der Waals surface area contributed by atoms with E-state index in [1.807, 2.05) is 25.7 Å². The molecule has 2 heterocycles. The summed E-state index contributed by atoms with van der Waals surface area (Å²) in [5.74, 6) is -3.97. The predicted octanol–water partition coefficient (Wildman–Crippen LogP) is 3.04. The van der Waals surface area contributed by atoms with Crippen LogP contribution in [0.15, 0.2) is 28.7 Å². The van der Waals surface area contributed by atoms with Crippen molar-refractivity contribution in [3.05, 3.63) is 47.2 Å².